The number of hydrogen-bond acceptors (Lipinski definition) is 3. The minimum atomic E-state index is 0.603. The number of nitrogens with two attached hydrogens (primary N) is 1. The quantitative estimate of drug-likeness (QED) is 0.891. The predicted octanol–water partition coefficient (Wildman–Crippen LogP) is 1.71. The smallest absolute Gasteiger partial charge is 0.156 e. The van der Waals surface area contributed by atoms with Gasteiger partial charge in [-0.1, -0.05) is 15.9 Å². The Balaban J connectivity index is 2.49. The molecule has 0 saturated heterocycles. The van der Waals surface area contributed by atoms with Crippen LogP contribution in [-0.4, -0.2) is 22.9 Å². The number of hydrogen-bond donors (Lipinski definition) is 2. The van der Waals surface area contributed by atoms with Crippen LogP contribution in [0.5, 0.6) is 0 Å². The molecule has 15 heavy (non-hydrogen) atoms. The second-order valence-corrected chi connectivity index (χ2v) is 4.26. The number of nitrogens with one attached hydrogen (secondary N) is 1. The minimum Gasteiger partial charge on any atom is -0.367 e. The average molecular weight is 269 g/mol. The highest BCUT2D eigenvalue weighted by molar-refractivity contribution is 9.10. The first-order valence-electron chi connectivity index (χ1n) is 4.78. The van der Waals surface area contributed by atoms with Gasteiger partial charge in [-0.25, -0.2) is 0 Å². The van der Waals surface area contributed by atoms with Crippen molar-refractivity contribution >= 4 is 32.7 Å². The van der Waals surface area contributed by atoms with Gasteiger partial charge in [0.15, 0.2) is 5.82 Å². The first-order chi connectivity index (χ1) is 7.22. The highest BCUT2D eigenvalue weighted by Crippen LogP contribution is 2.25. The third kappa shape index (κ3) is 1.98. The van der Waals surface area contributed by atoms with Crippen molar-refractivity contribution in [3.63, 3.8) is 0 Å². The number of anilines is 1. The van der Waals surface area contributed by atoms with E-state index in [9.17, 15) is 0 Å². The number of fused-ring (bicyclic) bond motifs is 1. The summed E-state index contributed by atoms with van der Waals surface area (Å²) in [7, 11) is 1.93. The van der Waals surface area contributed by atoms with Crippen LogP contribution in [0.15, 0.2) is 22.7 Å². The van der Waals surface area contributed by atoms with E-state index >= 15 is 0 Å². The van der Waals surface area contributed by atoms with Gasteiger partial charge in [0.25, 0.3) is 0 Å². The molecule has 0 aliphatic rings. The van der Waals surface area contributed by atoms with Gasteiger partial charge in [0.1, 0.15) is 0 Å². The van der Waals surface area contributed by atoms with Crippen molar-refractivity contribution in [1.29, 1.82) is 0 Å². The molecule has 0 spiro atoms. The summed E-state index contributed by atoms with van der Waals surface area (Å²) in [6, 6.07) is 6.11. The zero-order chi connectivity index (χ0) is 10.8. The molecule has 1 aromatic heterocycles. The van der Waals surface area contributed by atoms with E-state index in [0.717, 1.165) is 27.7 Å². The average Bonchev–Trinajstić information content (AvgIpc) is 2.52. The summed E-state index contributed by atoms with van der Waals surface area (Å²) in [5.41, 5.74) is 6.56. The molecule has 0 radical (unpaired) electrons. The van der Waals surface area contributed by atoms with Crippen LogP contribution in [0.3, 0.4) is 0 Å². The highest BCUT2D eigenvalue weighted by Gasteiger charge is 2.07. The number of aromatic nitrogens is 2. The maximum absolute atomic E-state index is 5.45. The van der Waals surface area contributed by atoms with Gasteiger partial charge in [-0.15, -0.1) is 0 Å². The maximum Gasteiger partial charge on any atom is 0.156 e. The standard InChI is InChI=1S/C10H13BrN4/c1-15-9-3-2-7(11)6-8(9)10(14-15)13-5-4-12/h2-3,6H,4-5,12H2,1H3,(H,13,14). The van der Waals surface area contributed by atoms with Gasteiger partial charge >= 0.3 is 0 Å². The molecule has 3 N–H and O–H groups in total. The number of rotatable bonds is 3. The Morgan fingerprint density at radius 3 is 3.07 bits per heavy atom. The molecule has 2 aromatic rings. The van der Waals surface area contributed by atoms with Crippen LogP contribution in [0.2, 0.25) is 0 Å². The normalized spacial score (nSPS) is 10.9. The summed E-state index contributed by atoms with van der Waals surface area (Å²) in [5.74, 6) is 0.888. The Kier molecular flexibility index (Phi) is 2.93. The summed E-state index contributed by atoms with van der Waals surface area (Å²) in [6.07, 6.45) is 0. The fourth-order valence-corrected chi connectivity index (χ4v) is 1.92. The van der Waals surface area contributed by atoms with Crippen molar-refractivity contribution in [1.82, 2.24) is 9.78 Å². The van der Waals surface area contributed by atoms with E-state index in [4.69, 9.17) is 5.73 Å². The fraction of sp³-hybridized carbons (Fsp3) is 0.300. The Bertz CT molecular complexity index is 477. The predicted molar refractivity (Wildman–Crippen MR) is 66.0 cm³/mol. The van der Waals surface area contributed by atoms with Crippen molar-refractivity contribution in [2.75, 3.05) is 18.4 Å². The lowest BCUT2D eigenvalue weighted by molar-refractivity contribution is 0.796. The zero-order valence-corrected chi connectivity index (χ0v) is 10.1. The van der Waals surface area contributed by atoms with E-state index in [1.54, 1.807) is 0 Å². The first kappa shape index (κ1) is 10.4. The van der Waals surface area contributed by atoms with Crippen molar-refractivity contribution in [2.45, 2.75) is 0 Å². The van der Waals surface area contributed by atoms with Gasteiger partial charge in [-0.2, -0.15) is 5.10 Å². The topological polar surface area (TPSA) is 55.9 Å². The van der Waals surface area contributed by atoms with Gasteiger partial charge in [-0.3, -0.25) is 4.68 Å². The summed E-state index contributed by atoms with van der Waals surface area (Å²) in [5, 5.41) is 8.72. The molecule has 0 amide bonds. The largest absolute Gasteiger partial charge is 0.367 e. The van der Waals surface area contributed by atoms with Crippen LogP contribution >= 0.6 is 15.9 Å². The third-order valence-corrected chi connectivity index (χ3v) is 2.74. The molecule has 5 heteroatoms. The summed E-state index contributed by atoms with van der Waals surface area (Å²) >= 11 is 3.45. The van der Waals surface area contributed by atoms with Crippen LogP contribution in [0.4, 0.5) is 5.82 Å². The molecule has 0 saturated carbocycles. The summed E-state index contributed by atoms with van der Waals surface area (Å²) < 4.78 is 2.92. The molecule has 0 unspecified atom stereocenters. The van der Waals surface area contributed by atoms with Crippen LogP contribution < -0.4 is 11.1 Å². The lowest BCUT2D eigenvalue weighted by Crippen LogP contribution is -2.13. The number of nitrogens with zero attached hydrogens (tertiary/aromatic N) is 2. The van der Waals surface area contributed by atoms with Gasteiger partial charge in [-0.05, 0) is 18.2 Å². The van der Waals surface area contributed by atoms with Crippen molar-refractivity contribution < 1.29 is 0 Å². The maximum atomic E-state index is 5.45. The first-order valence-corrected chi connectivity index (χ1v) is 5.58. The van der Waals surface area contributed by atoms with E-state index in [1.807, 2.05) is 23.9 Å². The number of halogens is 1. The fourth-order valence-electron chi connectivity index (χ4n) is 1.56. The molecular weight excluding hydrogens is 256 g/mol. The van der Waals surface area contributed by atoms with Crippen LogP contribution in [0.1, 0.15) is 0 Å². The molecule has 2 rings (SSSR count). The Morgan fingerprint density at radius 1 is 1.53 bits per heavy atom. The van der Waals surface area contributed by atoms with E-state index in [0.29, 0.717) is 6.54 Å². The molecule has 1 heterocycles. The molecule has 80 valence electrons. The molecule has 0 bridgehead atoms. The SMILES string of the molecule is Cn1nc(NCCN)c2cc(Br)ccc21. The molecule has 4 nitrogen and oxygen atoms in total. The van der Waals surface area contributed by atoms with Crippen LogP contribution in [-0.2, 0) is 7.05 Å². The second-order valence-electron chi connectivity index (χ2n) is 3.35. The molecule has 0 aliphatic heterocycles. The van der Waals surface area contributed by atoms with Crippen molar-refractivity contribution in [2.24, 2.45) is 12.8 Å². The van der Waals surface area contributed by atoms with Crippen molar-refractivity contribution in [3.05, 3.63) is 22.7 Å². The van der Waals surface area contributed by atoms with E-state index in [-0.39, 0.29) is 0 Å². The van der Waals surface area contributed by atoms with Gasteiger partial charge in [0.05, 0.1) is 5.52 Å². The third-order valence-electron chi connectivity index (χ3n) is 2.25. The van der Waals surface area contributed by atoms with Gasteiger partial charge in [0.2, 0.25) is 0 Å². The summed E-state index contributed by atoms with van der Waals surface area (Å²) in [4.78, 5) is 0. The molecular formula is C10H13BrN4. The van der Waals surface area contributed by atoms with Gasteiger partial charge in [0, 0.05) is 30.0 Å². The number of benzene rings is 1. The Hall–Kier alpha value is -1.07. The minimum absolute atomic E-state index is 0.603. The Morgan fingerprint density at radius 2 is 2.33 bits per heavy atom. The van der Waals surface area contributed by atoms with Crippen molar-refractivity contribution in [3.8, 4) is 0 Å². The van der Waals surface area contributed by atoms with Crippen LogP contribution in [0.25, 0.3) is 10.9 Å². The molecule has 1 aromatic carbocycles. The van der Waals surface area contributed by atoms with Crippen LogP contribution in [0, 0.1) is 0 Å². The van der Waals surface area contributed by atoms with E-state index in [1.165, 1.54) is 0 Å². The molecule has 0 fully saturated rings. The van der Waals surface area contributed by atoms with E-state index in [2.05, 4.69) is 32.4 Å². The second kappa shape index (κ2) is 4.20. The Labute approximate surface area is 96.6 Å². The van der Waals surface area contributed by atoms with E-state index < -0.39 is 0 Å². The lowest BCUT2D eigenvalue weighted by atomic mass is 10.2. The lowest BCUT2D eigenvalue weighted by Gasteiger charge is -1.99. The number of aryl methyl sites for hydroxylation is 1. The molecule has 0 aliphatic carbocycles. The monoisotopic (exact) mass is 268 g/mol. The van der Waals surface area contributed by atoms with Gasteiger partial charge < -0.3 is 11.1 Å². The molecule has 0 atom stereocenters. The highest BCUT2D eigenvalue weighted by atomic mass is 79.9. The zero-order valence-electron chi connectivity index (χ0n) is 8.50. The summed E-state index contributed by atoms with van der Waals surface area (Å²) in [6.45, 7) is 1.34.